The van der Waals surface area contributed by atoms with Crippen molar-refractivity contribution in [2.75, 3.05) is 43.5 Å². The molecule has 0 aliphatic carbocycles. The fourth-order valence-corrected chi connectivity index (χ4v) is 2.94. The van der Waals surface area contributed by atoms with E-state index in [2.05, 4.69) is 22.5 Å². The van der Waals surface area contributed by atoms with E-state index in [4.69, 9.17) is 37.5 Å². The summed E-state index contributed by atoms with van der Waals surface area (Å²) in [7, 11) is 1.85. The van der Waals surface area contributed by atoms with Crippen molar-refractivity contribution in [1.29, 1.82) is 0 Å². The second-order valence-electron chi connectivity index (χ2n) is 6.35. The number of anilines is 2. The number of carbonyl (C=O) groups is 3. The van der Waals surface area contributed by atoms with Gasteiger partial charge in [-0.15, -0.1) is 0 Å². The smallest absolute Gasteiger partial charge is 0.258 e. The van der Waals surface area contributed by atoms with Crippen molar-refractivity contribution in [3.63, 3.8) is 0 Å². The molecule has 0 heterocycles. The van der Waals surface area contributed by atoms with Crippen molar-refractivity contribution in [2.24, 2.45) is 0 Å². The van der Waals surface area contributed by atoms with Crippen molar-refractivity contribution in [1.82, 2.24) is 5.32 Å². The quantitative estimate of drug-likeness (QED) is 0.412. The SMILES string of the molecule is C=O.C=O.CC.CCCCN(CCNC(=O)COc1ccc(NC)cc1)c1ccc(Cl)c(Cl)c1. The summed E-state index contributed by atoms with van der Waals surface area (Å²) >= 11 is 12.2. The second kappa shape index (κ2) is 22.0. The molecule has 190 valence electrons. The minimum Gasteiger partial charge on any atom is -0.484 e. The first-order valence-electron chi connectivity index (χ1n) is 11.0. The molecular weight excluding hydrogens is 477 g/mol. The molecule has 2 aromatic carbocycles. The van der Waals surface area contributed by atoms with Gasteiger partial charge in [0.25, 0.3) is 5.91 Å². The van der Waals surface area contributed by atoms with Gasteiger partial charge in [0.05, 0.1) is 10.0 Å². The Kier molecular flexibility index (Phi) is 21.7. The molecule has 0 atom stereocenters. The third-order valence-corrected chi connectivity index (χ3v) is 5.01. The average Bonchev–Trinajstić information content (AvgIpc) is 2.90. The average molecular weight is 514 g/mol. The highest BCUT2D eigenvalue weighted by molar-refractivity contribution is 6.42. The highest BCUT2D eigenvalue weighted by Crippen LogP contribution is 2.27. The molecule has 2 aromatic rings. The Labute approximate surface area is 213 Å². The topological polar surface area (TPSA) is 87.7 Å². The molecule has 34 heavy (non-hydrogen) atoms. The normalized spacial score (nSPS) is 9.00. The summed E-state index contributed by atoms with van der Waals surface area (Å²) in [5.41, 5.74) is 1.99. The molecule has 0 fully saturated rings. The fourth-order valence-electron chi connectivity index (χ4n) is 2.65. The standard InChI is InChI=1S/C21H27Cl2N3O2.C2H6.2CH2O/c1-3-4-12-26(17-7-10-19(22)20(23)14-17)13-11-25-21(27)15-28-18-8-5-16(24-2)6-9-18;3*1-2/h5-10,14,24H,3-4,11-13,15H2,1-2H3,(H,25,27);1-2H3;2*1H2. The van der Waals surface area contributed by atoms with Gasteiger partial charge in [-0.3, -0.25) is 4.79 Å². The Balaban J connectivity index is 0. The number of hydrogen-bond donors (Lipinski definition) is 2. The van der Waals surface area contributed by atoms with Crippen LogP contribution in [0.4, 0.5) is 11.4 Å². The first-order valence-corrected chi connectivity index (χ1v) is 11.7. The summed E-state index contributed by atoms with van der Waals surface area (Å²) in [6, 6.07) is 13.1. The molecule has 2 N–H and O–H groups in total. The molecule has 0 aliphatic heterocycles. The predicted octanol–water partition coefficient (Wildman–Crippen LogP) is 5.49. The van der Waals surface area contributed by atoms with Crippen LogP contribution in [-0.2, 0) is 14.4 Å². The van der Waals surface area contributed by atoms with E-state index in [1.807, 2.05) is 70.9 Å². The van der Waals surface area contributed by atoms with E-state index in [9.17, 15) is 4.79 Å². The Morgan fingerprint density at radius 1 is 0.971 bits per heavy atom. The highest BCUT2D eigenvalue weighted by atomic mass is 35.5. The van der Waals surface area contributed by atoms with Gasteiger partial charge in [-0.05, 0) is 48.9 Å². The zero-order valence-corrected chi connectivity index (χ0v) is 22.0. The highest BCUT2D eigenvalue weighted by Gasteiger charge is 2.10. The van der Waals surface area contributed by atoms with Crippen molar-refractivity contribution in [3.8, 4) is 5.75 Å². The number of benzene rings is 2. The third-order valence-electron chi connectivity index (χ3n) is 4.27. The lowest BCUT2D eigenvalue weighted by Gasteiger charge is -2.25. The van der Waals surface area contributed by atoms with Crippen molar-refractivity contribution in [2.45, 2.75) is 33.6 Å². The lowest BCUT2D eigenvalue weighted by atomic mass is 10.2. The van der Waals surface area contributed by atoms with E-state index in [1.54, 1.807) is 6.07 Å². The number of halogens is 2. The van der Waals surface area contributed by atoms with E-state index in [0.717, 1.165) is 30.8 Å². The molecule has 1 amide bonds. The minimum absolute atomic E-state index is 0.0133. The van der Waals surface area contributed by atoms with Crippen LogP contribution in [0.1, 0.15) is 33.6 Å². The van der Waals surface area contributed by atoms with Crippen LogP contribution in [-0.4, -0.2) is 52.8 Å². The van der Waals surface area contributed by atoms with Gasteiger partial charge in [-0.2, -0.15) is 0 Å². The molecule has 0 spiro atoms. The number of rotatable bonds is 11. The van der Waals surface area contributed by atoms with Crippen LogP contribution in [0.15, 0.2) is 42.5 Å². The van der Waals surface area contributed by atoms with E-state index in [-0.39, 0.29) is 12.5 Å². The number of amides is 1. The molecule has 0 aliphatic rings. The maximum Gasteiger partial charge on any atom is 0.258 e. The van der Waals surface area contributed by atoms with Crippen LogP contribution >= 0.6 is 23.2 Å². The van der Waals surface area contributed by atoms with Crippen molar-refractivity contribution < 1.29 is 19.1 Å². The number of nitrogens with zero attached hydrogens (tertiary/aromatic N) is 1. The van der Waals surface area contributed by atoms with Crippen molar-refractivity contribution >= 4 is 54.1 Å². The molecule has 0 aromatic heterocycles. The molecular formula is C25H37Cl2N3O4. The Morgan fingerprint density at radius 3 is 2.12 bits per heavy atom. The molecule has 0 bridgehead atoms. The Hall–Kier alpha value is -2.77. The Bertz CT molecular complexity index is 790. The lowest BCUT2D eigenvalue weighted by molar-refractivity contribution is -0.123. The molecule has 0 saturated heterocycles. The zero-order chi connectivity index (χ0) is 26.4. The number of carbonyl (C=O) groups excluding carboxylic acids is 3. The molecule has 0 radical (unpaired) electrons. The van der Waals surface area contributed by atoms with E-state index >= 15 is 0 Å². The fraction of sp³-hybridized carbons (Fsp3) is 0.400. The largest absolute Gasteiger partial charge is 0.484 e. The van der Waals surface area contributed by atoms with E-state index < -0.39 is 0 Å². The number of unbranched alkanes of at least 4 members (excludes halogenated alkanes) is 1. The monoisotopic (exact) mass is 513 g/mol. The van der Waals surface area contributed by atoms with Gasteiger partial charge < -0.3 is 29.9 Å². The third kappa shape index (κ3) is 13.7. The first kappa shape index (κ1) is 33.4. The summed E-state index contributed by atoms with van der Waals surface area (Å²) in [5, 5.41) is 7.00. The summed E-state index contributed by atoms with van der Waals surface area (Å²) in [6.45, 7) is 12.2. The minimum atomic E-state index is -0.151. The summed E-state index contributed by atoms with van der Waals surface area (Å²) in [6.07, 6.45) is 2.14. The van der Waals surface area contributed by atoms with E-state index in [1.165, 1.54) is 0 Å². The molecule has 9 heteroatoms. The maximum atomic E-state index is 12.1. The van der Waals surface area contributed by atoms with Crippen LogP contribution in [0.2, 0.25) is 10.0 Å². The number of ether oxygens (including phenoxy) is 1. The van der Waals surface area contributed by atoms with E-state index in [0.29, 0.717) is 28.9 Å². The summed E-state index contributed by atoms with van der Waals surface area (Å²) < 4.78 is 5.52. The second-order valence-corrected chi connectivity index (χ2v) is 7.17. The van der Waals surface area contributed by atoms with Crippen molar-refractivity contribution in [3.05, 3.63) is 52.5 Å². The molecule has 7 nitrogen and oxygen atoms in total. The summed E-state index contributed by atoms with van der Waals surface area (Å²) in [4.78, 5) is 30.3. The van der Waals surface area contributed by atoms with Gasteiger partial charge >= 0.3 is 0 Å². The Morgan fingerprint density at radius 2 is 1.59 bits per heavy atom. The maximum absolute atomic E-state index is 12.1. The van der Waals surface area contributed by atoms with Crippen LogP contribution in [0.3, 0.4) is 0 Å². The van der Waals surface area contributed by atoms with Crippen LogP contribution in [0.25, 0.3) is 0 Å². The van der Waals surface area contributed by atoms with Crippen LogP contribution < -0.4 is 20.3 Å². The lowest BCUT2D eigenvalue weighted by Crippen LogP contribution is -2.37. The van der Waals surface area contributed by atoms with Gasteiger partial charge in [-0.1, -0.05) is 50.4 Å². The van der Waals surface area contributed by atoms with Crippen LogP contribution in [0, 0.1) is 0 Å². The van der Waals surface area contributed by atoms with Crippen LogP contribution in [0.5, 0.6) is 5.75 Å². The van der Waals surface area contributed by atoms with Gasteiger partial charge in [-0.25, -0.2) is 0 Å². The summed E-state index contributed by atoms with van der Waals surface area (Å²) in [5.74, 6) is 0.511. The first-order chi connectivity index (χ1) is 16.5. The molecule has 2 rings (SSSR count). The van der Waals surface area contributed by atoms with Gasteiger partial charge in [0, 0.05) is 38.1 Å². The molecule has 0 unspecified atom stereocenters. The zero-order valence-electron chi connectivity index (χ0n) is 20.5. The molecule has 0 saturated carbocycles. The predicted molar refractivity (Wildman–Crippen MR) is 144 cm³/mol. The van der Waals surface area contributed by atoms with Gasteiger partial charge in [0.15, 0.2) is 6.61 Å². The number of hydrogen-bond acceptors (Lipinski definition) is 6. The van der Waals surface area contributed by atoms with Gasteiger partial charge in [0.1, 0.15) is 19.3 Å². The van der Waals surface area contributed by atoms with Gasteiger partial charge in [0.2, 0.25) is 0 Å². The number of nitrogens with one attached hydrogen (secondary N) is 2.